The first-order valence-electron chi connectivity index (χ1n) is 9.21. The van der Waals surface area contributed by atoms with Crippen LogP contribution in [0.15, 0.2) is 48.5 Å². The molecule has 136 valence electrons. The van der Waals surface area contributed by atoms with Crippen LogP contribution in [0.2, 0.25) is 0 Å². The van der Waals surface area contributed by atoms with Gasteiger partial charge in [0.15, 0.2) is 0 Å². The van der Waals surface area contributed by atoms with Crippen molar-refractivity contribution in [3.8, 4) is 11.4 Å². The number of hydrogen-bond donors (Lipinski definition) is 2. The van der Waals surface area contributed by atoms with Crippen LogP contribution >= 0.6 is 0 Å². The molecule has 3 rings (SSSR count). The van der Waals surface area contributed by atoms with Crippen LogP contribution in [0.25, 0.3) is 22.4 Å². The molecule has 1 aromatic heterocycles. The van der Waals surface area contributed by atoms with E-state index in [4.69, 9.17) is 10.7 Å². The number of nitrogens with one attached hydrogen (secondary N) is 1. The molecular weight excluding hydrogens is 324 g/mol. The van der Waals surface area contributed by atoms with Gasteiger partial charge in [0.2, 0.25) is 5.91 Å². The summed E-state index contributed by atoms with van der Waals surface area (Å²) in [6.45, 7) is 0.726. The molecule has 0 radical (unpaired) electrons. The third kappa shape index (κ3) is 4.29. The molecule has 3 aromatic rings. The second-order valence-electron chi connectivity index (χ2n) is 6.56. The number of unbranched alkanes of at least 4 members (excludes halogenated alkanes) is 3. The van der Waals surface area contributed by atoms with Crippen molar-refractivity contribution < 1.29 is 4.79 Å². The molecule has 2 aromatic carbocycles. The van der Waals surface area contributed by atoms with E-state index >= 15 is 0 Å². The summed E-state index contributed by atoms with van der Waals surface area (Å²) >= 11 is 0. The van der Waals surface area contributed by atoms with E-state index in [1.807, 2.05) is 49.5 Å². The normalized spacial score (nSPS) is 11.0. The molecule has 5 nitrogen and oxygen atoms in total. The predicted molar refractivity (Wildman–Crippen MR) is 107 cm³/mol. The van der Waals surface area contributed by atoms with E-state index in [-0.39, 0.29) is 5.91 Å². The number of amides is 1. The van der Waals surface area contributed by atoms with Gasteiger partial charge in [0.05, 0.1) is 11.0 Å². The number of nitrogens with two attached hydrogens (primary N) is 1. The lowest BCUT2D eigenvalue weighted by Crippen LogP contribution is -2.11. The van der Waals surface area contributed by atoms with E-state index in [2.05, 4.69) is 16.0 Å². The molecule has 0 fully saturated rings. The van der Waals surface area contributed by atoms with Crippen LogP contribution in [0.5, 0.6) is 0 Å². The van der Waals surface area contributed by atoms with Crippen molar-refractivity contribution in [2.45, 2.75) is 32.1 Å². The van der Waals surface area contributed by atoms with Gasteiger partial charge >= 0.3 is 0 Å². The Labute approximate surface area is 154 Å². The Bertz CT molecular complexity index is 867. The Morgan fingerprint density at radius 1 is 1.04 bits per heavy atom. The third-order valence-electron chi connectivity index (χ3n) is 4.57. The summed E-state index contributed by atoms with van der Waals surface area (Å²) in [6, 6.07) is 15.9. The highest BCUT2D eigenvalue weighted by Gasteiger charge is 2.09. The summed E-state index contributed by atoms with van der Waals surface area (Å²) < 4.78 is 2.09. The number of benzene rings is 2. The van der Waals surface area contributed by atoms with Crippen molar-refractivity contribution in [1.29, 1.82) is 0 Å². The molecular formula is C21H26N4O. The molecule has 0 spiro atoms. The van der Waals surface area contributed by atoms with Gasteiger partial charge in [-0.1, -0.05) is 25.0 Å². The van der Waals surface area contributed by atoms with Gasteiger partial charge in [-0.15, -0.1) is 0 Å². The van der Waals surface area contributed by atoms with E-state index in [9.17, 15) is 4.79 Å². The molecule has 0 saturated carbocycles. The van der Waals surface area contributed by atoms with Gasteiger partial charge in [-0.2, -0.15) is 0 Å². The number of aromatic nitrogens is 2. The first-order chi connectivity index (χ1) is 12.7. The predicted octanol–water partition coefficient (Wildman–Crippen LogP) is 4.09. The number of anilines is 1. The van der Waals surface area contributed by atoms with E-state index in [0.29, 0.717) is 6.42 Å². The fourth-order valence-electron chi connectivity index (χ4n) is 3.11. The maximum Gasteiger partial charge on any atom is 0.224 e. The molecule has 0 bridgehead atoms. The highest BCUT2D eigenvalue weighted by atomic mass is 16.1. The van der Waals surface area contributed by atoms with E-state index in [1.165, 1.54) is 0 Å². The zero-order chi connectivity index (χ0) is 18.4. The molecule has 0 aliphatic rings. The second-order valence-corrected chi connectivity index (χ2v) is 6.56. The van der Waals surface area contributed by atoms with Gasteiger partial charge < -0.3 is 15.6 Å². The van der Waals surface area contributed by atoms with Crippen molar-refractivity contribution in [1.82, 2.24) is 9.55 Å². The topological polar surface area (TPSA) is 72.9 Å². The Balaban J connectivity index is 1.61. The summed E-state index contributed by atoms with van der Waals surface area (Å²) in [4.78, 5) is 16.7. The molecule has 0 aliphatic heterocycles. The molecule has 0 atom stereocenters. The smallest absolute Gasteiger partial charge is 0.224 e. The fourth-order valence-corrected chi connectivity index (χ4v) is 3.11. The number of fused-ring (bicyclic) bond motifs is 1. The van der Waals surface area contributed by atoms with E-state index < -0.39 is 0 Å². The SMILES string of the molecule is Cn1c(-c2ccc(NC(=O)CCCCCCN)cc2)nc2ccccc21. The number of aryl methyl sites for hydroxylation is 1. The highest BCUT2D eigenvalue weighted by molar-refractivity contribution is 5.91. The number of para-hydroxylation sites is 2. The molecule has 3 N–H and O–H groups in total. The number of carbonyl (C=O) groups excluding carboxylic acids is 1. The van der Waals surface area contributed by atoms with Gasteiger partial charge in [0.25, 0.3) is 0 Å². The minimum atomic E-state index is 0.0632. The van der Waals surface area contributed by atoms with Crippen LogP contribution in [0.4, 0.5) is 5.69 Å². The number of hydrogen-bond acceptors (Lipinski definition) is 3. The monoisotopic (exact) mass is 350 g/mol. The Morgan fingerprint density at radius 3 is 2.50 bits per heavy atom. The lowest BCUT2D eigenvalue weighted by Gasteiger charge is -2.07. The van der Waals surface area contributed by atoms with Crippen LogP contribution in [-0.2, 0) is 11.8 Å². The average Bonchev–Trinajstić information content (AvgIpc) is 2.99. The lowest BCUT2D eigenvalue weighted by molar-refractivity contribution is -0.116. The molecule has 0 saturated heterocycles. The molecule has 1 amide bonds. The summed E-state index contributed by atoms with van der Waals surface area (Å²) in [7, 11) is 2.02. The number of imidazole rings is 1. The maximum absolute atomic E-state index is 12.0. The first kappa shape index (κ1) is 18.1. The van der Waals surface area contributed by atoms with Gasteiger partial charge in [-0.3, -0.25) is 4.79 Å². The van der Waals surface area contributed by atoms with Crippen LogP contribution in [-0.4, -0.2) is 22.0 Å². The van der Waals surface area contributed by atoms with Gasteiger partial charge in [0.1, 0.15) is 5.82 Å². The third-order valence-corrected chi connectivity index (χ3v) is 4.57. The lowest BCUT2D eigenvalue weighted by atomic mass is 10.1. The Kier molecular flexibility index (Phi) is 6.02. The average molecular weight is 350 g/mol. The summed E-state index contributed by atoms with van der Waals surface area (Å²) in [5.74, 6) is 0.984. The van der Waals surface area contributed by atoms with Crippen molar-refractivity contribution in [2.75, 3.05) is 11.9 Å². The van der Waals surface area contributed by atoms with Crippen molar-refractivity contribution in [3.63, 3.8) is 0 Å². The number of nitrogens with zero attached hydrogens (tertiary/aromatic N) is 2. The largest absolute Gasteiger partial charge is 0.330 e. The van der Waals surface area contributed by atoms with Gasteiger partial charge in [-0.05, 0) is 55.8 Å². The second kappa shape index (κ2) is 8.63. The van der Waals surface area contributed by atoms with Crippen molar-refractivity contribution >= 4 is 22.6 Å². The maximum atomic E-state index is 12.0. The molecule has 5 heteroatoms. The van der Waals surface area contributed by atoms with Gasteiger partial charge in [0, 0.05) is 24.7 Å². The van der Waals surface area contributed by atoms with Crippen LogP contribution < -0.4 is 11.1 Å². The summed E-state index contributed by atoms with van der Waals surface area (Å²) in [5, 5.41) is 2.96. The summed E-state index contributed by atoms with van der Waals surface area (Å²) in [5.41, 5.74) is 9.41. The van der Waals surface area contributed by atoms with Crippen LogP contribution in [0, 0.1) is 0 Å². The van der Waals surface area contributed by atoms with Crippen LogP contribution in [0.3, 0.4) is 0 Å². The Morgan fingerprint density at radius 2 is 1.77 bits per heavy atom. The van der Waals surface area contributed by atoms with E-state index in [1.54, 1.807) is 0 Å². The zero-order valence-corrected chi connectivity index (χ0v) is 15.2. The standard InChI is InChI=1S/C21H26N4O/c1-25-19-9-6-5-8-18(19)24-21(25)16-11-13-17(14-12-16)23-20(26)10-4-2-3-7-15-22/h5-6,8-9,11-14H,2-4,7,10,15,22H2,1H3,(H,23,26). The first-order valence-corrected chi connectivity index (χ1v) is 9.21. The number of rotatable bonds is 8. The minimum absolute atomic E-state index is 0.0632. The van der Waals surface area contributed by atoms with Crippen LogP contribution in [0.1, 0.15) is 32.1 Å². The molecule has 1 heterocycles. The fraction of sp³-hybridized carbons (Fsp3) is 0.333. The highest BCUT2D eigenvalue weighted by Crippen LogP contribution is 2.24. The quantitative estimate of drug-likeness (QED) is 0.601. The minimum Gasteiger partial charge on any atom is -0.330 e. The Hall–Kier alpha value is -2.66. The van der Waals surface area contributed by atoms with E-state index in [0.717, 1.165) is 60.3 Å². The molecule has 0 aliphatic carbocycles. The zero-order valence-electron chi connectivity index (χ0n) is 15.2. The van der Waals surface area contributed by atoms with Crippen molar-refractivity contribution in [2.24, 2.45) is 12.8 Å². The summed E-state index contributed by atoms with van der Waals surface area (Å²) in [6.07, 6.45) is 4.64. The number of carbonyl (C=O) groups is 1. The molecule has 26 heavy (non-hydrogen) atoms. The molecule has 0 unspecified atom stereocenters. The van der Waals surface area contributed by atoms with Crippen molar-refractivity contribution in [3.05, 3.63) is 48.5 Å². The van der Waals surface area contributed by atoms with Gasteiger partial charge in [-0.25, -0.2) is 4.98 Å².